The van der Waals surface area contributed by atoms with Crippen LogP contribution in [0.3, 0.4) is 0 Å². The average molecular weight is 273 g/mol. The molecule has 0 aromatic carbocycles. The molecule has 1 N–H and O–H groups in total. The molecule has 3 nitrogen and oxygen atoms in total. The van der Waals surface area contributed by atoms with E-state index in [4.69, 9.17) is 5.11 Å². The zero-order valence-electron chi connectivity index (χ0n) is 8.77. The lowest BCUT2D eigenvalue weighted by Crippen LogP contribution is -2.19. The van der Waals surface area contributed by atoms with Gasteiger partial charge in [0.2, 0.25) is 0 Å². The van der Waals surface area contributed by atoms with Crippen LogP contribution in [0.4, 0.5) is 0 Å². The van der Waals surface area contributed by atoms with Crippen LogP contribution in [-0.4, -0.2) is 21.5 Å². The maximum absolute atomic E-state index is 8.88. The normalized spacial score (nSPS) is 26.8. The summed E-state index contributed by atoms with van der Waals surface area (Å²) in [5, 5.41) is 13.2. The number of halogens is 1. The zero-order valence-corrected chi connectivity index (χ0v) is 10.4. The molecule has 0 radical (unpaired) electrons. The molecule has 1 heterocycles. The summed E-state index contributed by atoms with van der Waals surface area (Å²) in [5.41, 5.74) is 0. The third kappa shape index (κ3) is 2.82. The van der Waals surface area contributed by atoms with Crippen LogP contribution >= 0.6 is 15.9 Å². The van der Waals surface area contributed by atoms with E-state index in [1.54, 1.807) is 0 Å². The first-order valence-electron chi connectivity index (χ1n) is 5.60. The van der Waals surface area contributed by atoms with Crippen LogP contribution in [0, 0.1) is 5.92 Å². The Morgan fingerprint density at radius 3 is 2.67 bits per heavy atom. The number of aromatic nitrogens is 2. The maximum Gasteiger partial charge on any atom is 0.0632 e. The molecule has 0 saturated heterocycles. The molecule has 0 unspecified atom stereocenters. The first-order valence-corrected chi connectivity index (χ1v) is 6.39. The van der Waals surface area contributed by atoms with Gasteiger partial charge in [0, 0.05) is 12.8 Å². The SMILES string of the molecule is OCC[C@H]1CC[C@H](n2cc(Br)cn2)CC1. The Morgan fingerprint density at radius 2 is 2.13 bits per heavy atom. The molecule has 1 aromatic rings. The first kappa shape index (κ1) is 11.1. The summed E-state index contributed by atoms with van der Waals surface area (Å²) in [5.74, 6) is 0.727. The van der Waals surface area contributed by atoms with Crippen molar-refractivity contribution in [3.8, 4) is 0 Å². The lowest BCUT2D eigenvalue weighted by molar-refractivity contribution is 0.202. The predicted molar refractivity (Wildman–Crippen MR) is 62.6 cm³/mol. The monoisotopic (exact) mass is 272 g/mol. The summed E-state index contributed by atoms with van der Waals surface area (Å²) in [6, 6.07) is 0.561. The zero-order chi connectivity index (χ0) is 10.7. The van der Waals surface area contributed by atoms with Gasteiger partial charge in [0.25, 0.3) is 0 Å². The van der Waals surface area contributed by atoms with Gasteiger partial charge in [-0.25, -0.2) is 0 Å². The molecule has 1 aliphatic carbocycles. The summed E-state index contributed by atoms with van der Waals surface area (Å²) in [7, 11) is 0. The molecule has 0 amide bonds. The van der Waals surface area contributed by atoms with Gasteiger partial charge in [0.1, 0.15) is 0 Å². The van der Waals surface area contributed by atoms with E-state index in [2.05, 4.69) is 31.9 Å². The number of aliphatic hydroxyl groups excluding tert-OH is 1. The molecule has 1 saturated carbocycles. The molecule has 15 heavy (non-hydrogen) atoms. The Bertz CT molecular complexity index is 305. The van der Waals surface area contributed by atoms with Crippen LogP contribution in [0.15, 0.2) is 16.9 Å². The van der Waals surface area contributed by atoms with Gasteiger partial charge in [-0.05, 0) is 54.0 Å². The highest BCUT2D eigenvalue weighted by atomic mass is 79.9. The van der Waals surface area contributed by atoms with E-state index in [1.807, 2.05) is 6.20 Å². The molecule has 1 aromatic heterocycles. The smallest absolute Gasteiger partial charge is 0.0632 e. The van der Waals surface area contributed by atoms with Crippen molar-refractivity contribution in [1.82, 2.24) is 9.78 Å². The molecule has 0 bridgehead atoms. The number of hydrogen-bond donors (Lipinski definition) is 1. The number of rotatable bonds is 3. The third-order valence-corrected chi connectivity index (χ3v) is 3.71. The summed E-state index contributed by atoms with van der Waals surface area (Å²) < 4.78 is 3.12. The van der Waals surface area contributed by atoms with Crippen LogP contribution in [0.2, 0.25) is 0 Å². The molecule has 1 fully saturated rings. The highest BCUT2D eigenvalue weighted by Gasteiger charge is 2.22. The molecule has 1 aliphatic rings. The number of nitrogens with zero attached hydrogens (tertiary/aromatic N) is 2. The molecule has 2 rings (SSSR count). The Kier molecular flexibility index (Phi) is 3.81. The number of hydrogen-bond acceptors (Lipinski definition) is 2. The molecule has 0 spiro atoms. The van der Waals surface area contributed by atoms with Crippen LogP contribution in [0.25, 0.3) is 0 Å². The lowest BCUT2D eigenvalue weighted by Gasteiger charge is -2.28. The van der Waals surface area contributed by atoms with Gasteiger partial charge >= 0.3 is 0 Å². The topological polar surface area (TPSA) is 38.0 Å². The van der Waals surface area contributed by atoms with E-state index in [-0.39, 0.29) is 0 Å². The average Bonchev–Trinajstić information content (AvgIpc) is 2.67. The van der Waals surface area contributed by atoms with Crippen LogP contribution < -0.4 is 0 Å². The molecular formula is C11H17BrN2O. The lowest BCUT2D eigenvalue weighted by atomic mass is 9.84. The second-order valence-corrected chi connectivity index (χ2v) is 5.24. The molecule has 4 heteroatoms. The first-order chi connectivity index (χ1) is 7.29. The quantitative estimate of drug-likeness (QED) is 0.919. The van der Waals surface area contributed by atoms with Crippen molar-refractivity contribution < 1.29 is 5.11 Å². The molecule has 84 valence electrons. The summed E-state index contributed by atoms with van der Waals surface area (Å²) >= 11 is 3.42. The summed E-state index contributed by atoms with van der Waals surface area (Å²) in [6.45, 7) is 0.336. The van der Waals surface area contributed by atoms with Crippen molar-refractivity contribution in [3.05, 3.63) is 16.9 Å². The minimum Gasteiger partial charge on any atom is -0.396 e. The van der Waals surface area contributed by atoms with Crippen molar-refractivity contribution in [2.24, 2.45) is 5.92 Å². The second-order valence-electron chi connectivity index (χ2n) is 4.33. The van der Waals surface area contributed by atoms with Gasteiger partial charge in [0.15, 0.2) is 0 Å². The van der Waals surface area contributed by atoms with Gasteiger partial charge in [-0.3, -0.25) is 4.68 Å². The standard InChI is InChI=1S/C11H17BrN2O/c12-10-7-13-14(8-10)11-3-1-9(2-4-11)5-6-15/h7-9,11,15H,1-6H2/t9-,11-. The highest BCUT2D eigenvalue weighted by Crippen LogP contribution is 2.33. The Morgan fingerprint density at radius 1 is 1.40 bits per heavy atom. The van der Waals surface area contributed by atoms with Gasteiger partial charge in [-0.2, -0.15) is 5.10 Å². The van der Waals surface area contributed by atoms with E-state index in [1.165, 1.54) is 25.7 Å². The van der Waals surface area contributed by atoms with Crippen LogP contribution in [0.5, 0.6) is 0 Å². The third-order valence-electron chi connectivity index (χ3n) is 3.30. The molecule has 0 aliphatic heterocycles. The minimum atomic E-state index is 0.336. The van der Waals surface area contributed by atoms with E-state index >= 15 is 0 Å². The molecular weight excluding hydrogens is 256 g/mol. The van der Waals surface area contributed by atoms with E-state index < -0.39 is 0 Å². The van der Waals surface area contributed by atoms with Crippen molar-refractivity contribution >= 4 is 15.9 Å². The summed E-state index contributed by atoms with van der Waals surface area (Å²) in [4.78, 5) is 0. The Balaban J connectivity index is 1.88. The second kappa shape index (κ2) is 5.12. The van der Waals surface area contributed by atoms with Crippen molar-refractivity contribution in [2.45, 2.75) is 38.1 Å². The fraction of sp³-hybridized carbons (Fsp3) is 0.727. The van der Waals surface area contributed by atoms with E-state index in [0.29, 0.717) is 12.6 Å². The fourth-order valence-electron chi connectivity index (χ4n) is 2.40. The Hall–Kier alpha value is -0.350. The van der Waals surface area contributed by atoms with Crippen LogP contribution in [-0.2, 0) is 0 Å². The number of aliphatic hydroxyl groups is 1. The van der Waals surface area contributed by atoms with E-state index in [0.717, 1.165) is 16.8 Å². The van der Waals surface area contributed by atoms with Crippen molar-refractivity contribution in [3.63, 3.8) is 0 Å². The van der Waals surface area contributed by atoms with Gasteiger partial charge < -0.3 is 5.11 Å². The Labute approximate surface area is 98.6 Å². The van der Waals surface area contributed by atoms with Crippen molar-refractivity contribution in [1.29, 1.82) is 0 Å². The van der Waals surface area contributed by atoms with Gasteiger partial charge in [-0.15, -0.1) is 0 Å². The van der Waals surface area contributed by atoms with Gasteiger partial charge in [0.05, 0.1) is 16.7 Å². The highest BCUT2D eigenvalue weighted by molar-refractivity contribution is 9.10. The fourth-order valence-corrected chi connectivity index (χ4v) is 2.70. The largest absolute Gasteiger partial charge is 0.396 e. The summed E-state index contributed by atoms with van der Waals surface area (Å²) in [6.07, 6.45) is 9.70. The van der Waals surface area contributed by atoms with Crippen LogP contribution in [0.1, 0.15) is 38.1 Å². The predicted octanol–water partition coefficient (Wildman–Crippen LogP) is 2.76. The van der Waals surface area contributed by atoms with Crippen molar-refractivity contribution in [2.75, 3.05) is 6.61 Å². The minimum absolute atomic E-state index is 0.336. The van der Waals surface area contributed by atoms with Gasteiger partial charge in [-0.1, -0.05) is 0 Å². The maximum atomic E-state index is 8.88. The van der Waals surface area contributed by atoms with E-state index in [9.17, 15) is 0 Å². The molecule has 0 atom stereocenters.